The summed E-state index contributed by atoms with van der Waals surface area (Å²) < 4.78 is 3.67. The summed E-state index contributed by atoms with van der Waals surface area (Å²) in [7, 11) is 0. The van der Waals surface area contributed by atoms with Crippen molar-refractivity contribution in [2.45, 2.75) is 39.8 Å². The van der Waals surface area contributed by atoms with Crippen molar-refractivity contribution >= 4 is 11.6 Å². The van der Waals surface area contributed by atoms with Gasteiger partial charge in [0.1, 0.15) is 12.1 Å². The Morgan fingerprint density at radius 2 is 2.14 bits per heavy atom. The minimum Gasteiger partial charge on any atom is -0.364 e. The molecule has 0 bridgehead atoms. The van der Waals surface area contributed by atoms with Crippen molar-refractivity contribution in [1.82, 2.24) is 29.4 Å². The fourth-order valence-electron chi connectivity index (χ4n) is 2.20. The lowest BCUT2D eigenvalue weighted by molar-refractivity contribution is 0.595. The average Bonchev–Trinajstić information content (AvgIpc) is 3.13. The van der Waals surface area contributed by atoms with E-state index in [1.165, 1.54) is 6.33 Å². The van der Waals surface area contributed by atoms with Crippen LogP contribution in [-0.4, -0.2) is 29.4 Å². The predicted molar refractivity (Wildman–Crippen MR) is 80.0 cm³/mol. The Morgan fingerprint density at radius 1 is 1.24 bits per heavy atom. The maximum absolute atomic E-state index is 4.52. The van der Waals surface area contributed by atoms with E-state index in [4.69, 9.17) is 0 Å². The zero-order valence-corrected chi connectivity index (χ0v) is 12.3. The van der Waals surface area contributed by atoms with Crippen LogP contribution in [0.5, 0.6) is 0 Å². The highest BCUT2D eigenvalue weighted by Crippen LogP contribution is 2.12. The van der Waals surface area contributed by atoms with Gasteiger partial charge in [-0.15, -0.1) is 0 Å². The van der Waals surface area contributed by atoms with E-state index in [0.717, 1.165) is 36.6 Å². The summed E-state index contributed by atoms with van der Waals surface area (Å²) in [5.74, 6) is 1.51. The number of nitrogens with one attached hydrogen (secondary N) is 1. The van der Waals surface area contributed by atoms with Gasteiger partial charge in [0.15, 0.2) is 0 Å². The molecule has 3 rings (SSSR count). The quantitative estimate of drug-likeness (QED) is 0.749. The highest BCUT2D eigenvalue weighted by molar-refractivity contribution is 5.45. The van der Waals surface area contributed by atoms with E-state index < -0.39 is 0 Å². The van der Waals surface area contributed by atoms with E-state index in [1.54, 1.807) is 4.52 Å². The number of aryl methyl sites for hydroxylation is 2. The minimum atomic E-state index is 0.619. The minimum absolute atomic E-state index is 0.619. The molecule has 0 aromatic carbocycles. The molecule has 0 saturated heterocycles. The van der Waals surface area contributed by atoms with Gasteiger partial charge in [-0.05, 0) is 18.9 Å². The molecule has 21 heavy (non-hydrogen) atoms. The number of anilines is 1. The van der Waals surface area contributed by atoms with Crippen LogP contribution in [0.25, 0.3) is 5.78 Å². The topological polar surface area (TPSA) is 72.9 Å². The SMILES string of the molecule is CCCn1ccc(CNc2cc(CC)nc3ncnn23)n1. The van der Waals surface area contributed by atoms with Crippen LogP contribution in [0.4, 0.5) is 5.82 Å². The Morgan fingerprint density at radius 3 is 2.95 bits per heavy atom. The first-order valence-electron chi connectivity index (χ1n) is 7.26. The van der Waals surface area contributed by atoms with Crippen LogP contribution in [0, 0.1) is 0 Å². The Labute approximate surface area is 123 Å². The fourth-order valence-corrected chi connectivity index (χ4v) is 2.20. The van der Waals surface area contributed by atoms with Gasteiger partial charge in [0, 0.05) is 24.5 Å². The standard InChI is InChI=1S/C14H19N7/c1-3-6-20-7-5-12(19-20)9-15-13-8-11(4-2)18-14-16-10-17-21(13)14/h5,7-8,10,15H,3-4,6,9H2,1-2H3. The van der Waals surface area contributed by atoms with Gasteiger partial charge in [0.05, 0.1) is 12.2 Å². The van der Waals surface area contributed by atoms with Crippen LogP contribution < -0.4 is 5.32 Å². The van der Waals surface area contributed by atoms with Crippen molar-refractivity contribution in [3.8, 4) is 0 Å². The smallest absolute Gasteiger partial charge is 0.254 e. The van der Waals surface area contributed by atoms with E-state index in [-0.39, 0.29) is 0 Å². The molecular weight excluding hydrogens is 266 g/mol. The van der Waals surface area contributed by atoms with Gasteiger partial charge < -0.3 is 5.32 Å². The first-order valence-corrected chi connectivity index (χ1v) is 7.26. The molecule has 1 N–H and O–H groups in total. The molecule has 0 radical (unpaired) electrons. The molecule has 0 unspecified atom stereocenters. The molecule has 7 nitrogen and oxygen atoms in total. The van der Waals surface area contributed by atoms with E-state index >= 15 is 0 Å². The summed E-state index contributed by atoms with van der Waals surface area (Å²) in [4.78, 5) is 8.58. The molecule has 3 aromatic rings. The predicted octanol–water partition coefficient (Wildman–Crippen LogP) is 1.91. The van der Waals surface area contributed by atoms with Gasteiger partial charge in [0.25, 0.3) is 5.78 Å². The number of hydrogen-bond acceptors (Lipinski definition) is 5. The second kappa shape index (κ2) is 5.90. The molecule has 0 amide bonds. The van der Waals surface area contributed by atoms with E-state index in [1.807, 2.05) is 23.0 Å². The highest BCUT2D eigenvalue weighted by atomic mass is 15.4. The molecule has 0 aliphatic heterocycles. The summed E-state index contributed by atoms with van der Waals surface area (Å²) in [5.41, 5.74) is 2.00. The molecule has 0 aliphatic rings. The van der Waals surface area contributed by atoms with E-state index in [2.05, 4.69) is 39.3 Å². The molecule has 0 aliphatic carbocycles. The zero-order chi connectivity index (χ0) is 14.7. The highest BCUT2D eigenvalue weighted by Gasteiger charge is 2.07. The van der Waals surface area contributed by atoms with E-state index in [0.29, 0.717) is 12.3 Å². The number of hydrogen-bond donors (Lipinski definition) is 1. The monoisotopic (exact) mass is 285 g/mol. The van der Waals surface area contributed by atoms with Gasteiger partial charge >= 0.3 is 0 Å². The van der Waals surface area contributed by atoms with Crippen LogP contribution in [0.15, 0.2) is 24.7 Å². The van der Waals surface area contributed by atoms with E-state index in [9.17, 15) is 0 Å². The number of rotatable bonds is 6. The summed E-state index contributed by atoms with van der Waals surface area (Å²) in [6.45, 7) is 5.82. The normalized spacial score (nSPS) is 11.1. The van der Waals surface area contributed by atoms with Crippen LogP contribution in [-0.2, 0) is 19.5 Å². The fraction of sp³-hybridized carbons (Fsp3) is 0.429. The summed E-state index contributed by atoms with van der Waals surface area (Å²) in [6.07, 6.45) is 5.47. The van der Waals surface area contributed by atoms with Crippen molar-refractivity contribution in [3.63, 3.8) is 0 Å². The molecule has 0 atom stereocenters. The second-order valence-corrected chi connectivity index (χ2v) is 4.88. The van der Waals surface area contributed by atoms with Crippen LogP contribution in [0.2, 0.25) is 0 Å². The second-order valence-electron chi connectivity index (χ2n) is 4.88. The van der Waals surface area contributed by atoms with Crippen LogP contribution >= 0.6 is 0 Å². The molecule has 110 valence electrons. The lowest BCUT2D eigenvalue weighted by Gasteiger charge is -2.08. The van der Waals surface area contributed by atoms with Gasteiger partial charge in [0.2, 0.25) is 0 Å². The van der Waals surface area contributed by atoms with Gasteiger partial charge in [-0.25, -0.2) is 4.98 Å². The Kier molecular flexibility index (Phi) is 3.81. The third-order valence-corrected chi connectivity index (χ3v) is 3.27. The lowest BCUT2D eigenvalue weighted by atomic mass is 10.3. The van der Waals surface area contributed by atoms with Crippen molar-refractivity contribution in [2.24, 2.45) is 0 Å². The maximum Gasteiger partial charge on any atom is 0.254 e. The molecule has 7 heteroatoms. The van der Waals surface area contributed by atoms with Gasteiger partial charge in [-0.3, -0.25) is 4.68 Å². The molecule has 0 saturated carbocycles. The number of fused-ring (bicyclic) bond motifs is 1. The van der Waals surface area contributed by atoms with Gasteiger partial charge in [-0.2, -0.15) is 19.7 Å². The molecule has 0 spiro atoms. The van der Waals surface area contributed by atoms with Crippen LogP contribution in [0.1, 0.15) is 31.7 Å². The molecular formula is C14H19N7. The third kappa shape index (κ3) is 2.86. The largest absolute Gasteiger partial charge is 0.364 e. The third-order valence-electron chi connectivity index (χ3n) is 3.27. The van der Waals surface area contributed by atoms with Crippen LogP contribution in [0.3, 0.4) is 0 Å². The molecule has 3 aromatic heterocycles. The number of aromatic nitrogens is 6. The van der Waals surface area contributed by atoms with Crippen molar-refractivity contribution in [2.75, 3.05) is 5.32 Å². The first-order chi connectivity index (χ1) is 10.3. The van der Waals surface area contributed by atoms with Gasteiger partial charge in [-0.1, -0.05) is 13.8 Å². The maximum atomic E-state index is 4.52. The lowest BCUT2D eigenvalue weighted by Crippen LogP contribution is -2.08. The summed E-state index contributed by atoms with van der Waals surface area (Å²) >= 11 is 0. The molecule has 3 heterocycles. The van der Waals surface area contributed by atoms with Crippen molar-refractivity contribution in [1.29, 1.82) is 0 Å². The summed E-state index contributed by atoms with van der Waals surface area (Å²) in [6, 6.07) is 4.04. The molecule has 0 fully saturated rings. The Balaban J connectivity index is 1.78. The Bertz CT molecular complexity index is 728. The first kappa shape index (κ1) is 13.5. The zero-order valence-electron chi connectivity index (χ0n) is 12.3. The number of nitrogens with zero attached hydrogens (tertiary/aromatic N) is 6. The summed E-state index contributed by atoms with van der Waals surface area (Å²) in [5, 5.41) is 12.1. The average molecular weight is 285 g/mol. The van der Waals surface area contributed by atoms with Crippen molar-refractivity contribution in [3.05, 3.63) is 36.0 Å². The Hall–Kier alpha value is -2.44. The van der Waals surface area contributed by atoms with Crippen molar-refractivity contribution < 1.29 is 0 Å².